The zero-order valence-corrected chi connectivity index (χ0v) is 10.6. The molecule has 0 unspecified atom stereocenters. The van der Waals surface area contributed by atoms with Gasteiger partial charge in [0.15, 0.2) is 0 Å². The van der Waals surface area contributed by atoms with Gasteiger partial charge < -0.3 is 4.74 Å². The molecule has 0 saturated carbocycles. The maximum Gasteiger partial charge on any atom is 0.306 e. The van der Waals surface area contributed by atoms with Gasteiger partial charge in [0.1, 0.15) is 0 Å². The molecule has 19 heavy (non-hydrogen) atoms. The van der Waals surface area contributed by atoms with Crippen LogP contribution in [-0.2, 0) is 14.3 Å². The highest BCUT2D eigenvalue weighted by molar-refractivity contribution is 6.51. The molecule has 98 valence electrons. The molecular weight excluding hydrogens is 244 g/mol. The minimum absolute atomic E-state index is 0.112. The molecule has 0 bridgehead atoms. The van der Waals surface area contributed by atoms with Gasteiger partial charge in [-0.15, -0.1) is 0 Å². The number of hydrogen-bond donors (Lipinski definition) is 0. The van der Waals surface area contributed by atoms with Crippen LogP contribution in [0.3, 0.4) is 0 Å². The Hall–Kier alpha value is -2.23. The lowest BCUT2D eigenvalue weighted by Crippen LogP contribution is -2.22. The molecule has 1 aliphatic carbocycles. The van der Waals surface area contributed by atoms with Gasteiger partial charge in [0.05, 0.1) is 6.61 Å². The minimum Gasteiger partial charge on any atom is -0.466 e. The van der Waals surface area contributed by atoms with Gasteiger partial charge in [-0.05, 0) is 25.0 Å². The van der Waals surface area contributed by atoms with Crippen LogP contribution in [-0.4, -0.2) is 24.1 Å². The SMILES string of the molecule is CCOC(=O)CCC1=Cc2ccccc2C(=O)C1=O. The molecule has 0 fully saturated rings. The number of fused-ring (bicyclic) bond motifs is 1. The van der Waals surface area contributed by atoms with Gasteiger partial charge in [0.2, 0.25) is 11.6 Å². The molecule has 0 spiro atoms. The zero-order chi connectivity index (χ0) is 13.8. The van der Waals surface area contributed by atoms with Crippen LogP contribution in [0.2, 0.25) is 0 Å². The number of rotatable bonds is 4. The molecule has 0 amide bonds. The Morgan fingerprint density at radius 1 is 1.16 bits per heavy atom. The van der Waals surface area contributed by atoms with Crippen LogP contribution in [0.4, 0.5) is 0 Å². The minimum atomic E-state index is -0.525. The van der Waals surface area contributed by atoms with Crippen molar-refractivity contribution in [2.24, 2.45) is 0 Å². The number of Topliss-reactive ketones (excluding diaryl/α,β-unsaturated/α-hetero) is 2. The Labute approximate surface area is 111 Å². The molecule has 1 aromatic rings. The van der Waals surface area contributed by atoms with E-state index >= 15 is 0 Å². The van der Waals surface area contributed by atoms with Gasteiger partial charge in [-0.25, -0.2) is 0 Å². The maximum absolute atomic E-state index is 11.9. The summed E-state index contributed by atoms with van der Waals surface area (Å²) >= 11 is 0. The Morgan fingerprint density at radius 3 is 2.63 bits per heavy atom. The number of carbonyl (C=O) groups excluding carboxylic acids is 3. The quantitative estimate of drug-likeness (QED) is 0.613. The third kappa shape index (κ3) is 2.78. The van der Waals surface area contributed by atoms with E-state index in [9.17, 15) is 14.4 Å². The lowest BCUT2D eigenvalue weighted by Gasteiger charge is -2.13. The molecule has 0 atom stereocenters. The van der Waals surface area contributed by atoms with E-state index in [0.29, 0.717) is 17.7 Å². The average molecular weight is 258 g/mol. The van der Waals surface area contributed by atoms with Crippen molar-refractivity contribution < 1.29 is 19.1 Å². The summed E-state index contributed by atoms with van der Waals surface area (Å²) < 4.78 is 4.80. The molecule has 0 N–H and O–H groups in total. The van der Waals surface area contributed by atoms with Crippen LogP contribution < -0.4 is 0 Å². The number of ether oxygens (including phenoxy) is 1. The first-order chi connectivity index (χ1) is 9.13. The van der Waals surface area contributed by atoms with E-state index in [0.717, 1.165) is 5.56 Å². The van der Waals surface area contributed by atoms with Crippen LogP contribution in [0.25, 0.3) is 6.08 Å². The van der Waals surface area contributed by atoms with Gasteiger partial charge in [-0.2, -0.15) is 0 Å². The molecule has 2 rings (SSSR count). The number of allylic oxidation sites excluding steroid dienone is 1. The fourth-order valence-electron chi connectivity index (χ4n) is 2.01. The molecule has 4 heteroatoms. The van der Waals surface area contributed by atoms with Crippen molar-refractivity contribution in [3.05, 3.63) is 41.0 Å². The predicted octanol–water partition coefficient (Wildman–Crippen LogP) is 2.18. The second kappa shape index (κ2) is 5.61. The van der Waals surface area contributed by atoms with Crippen LogP contribution in [0.1, 0.15) is 35.7 Å². The summed E-state index contributed by atoms with van der Waals surface area (Å²) in [6, 6.07) is 6.95. The van der Waals surface area contributed by atoms with E-state index in [1.807, 2.05) is 0 Å². The summed E-state index contributed by atoms with van der Waals surface area (Å²) in [5.41, 5.74) is 1.52. The largest absolute Gasteiger partial charge is 0.466 e. The lowest BCUT2D eigenvalue weighted by molar-refractivity contribution is -0.143. The number of carbonyl (C=O) groups is 3. The second-order valence-electron chi connectivity index (χ2n) is 4.22. The van der Waals surface area contributed by atoms with Crippen molar-refractivity contribution in [1.82, 2.24) is 0 Å². The van der Waals surface area contributed by atoms with Gasteiger partial charge in [-0.3, -0.25) is 14.4 Å². The van der Waals surface area contributed by atoms with E-state index in [4.69, 9.17) is 4.74 Å². The first-order valence-corrected chi connectivity index (χ1v) is 6.17. The highest BCUT2D eigenvalue weighted by Crippen LogP contribution is 2.24. The van der Waals surface area contributed by atoms with Crippen molar-refractivity contribution in [1.29, 1.82) is 0 Å². The highest BCUT2D eigenvalue weighted by Gasteiger charge is 2.27. The first-order valence-electron chi connectivity index (χ1n) is 6.17. The molecule has 0 saturated heterocycles. The third-order valence-electron chi connectivity index (χ3n) is 2.94. The molecule has 0 aromatic heterocycles. The summed E-state index contributed by atoms with van der Waals surface area (Å²) in [5, 5.41) is 0. The van der Waals surface area contributed by atoms with E-state index in [2.05, 4.69) is 0 Å². The van der Waals surface area contributed by atoms with Crippen LogP contribution in [0, 0.1) is 0 Å². The van der Waals surface area contributed by atoms with Gasteiger partial charge in [0.25, 0.3) is 0 Å². The molecule has 1 aromatic carbocycles. The standard InChI is InChI=1S/C15H14O4/c1-2-19-13(16)8-7-11-9-10-5-3-4-6-12(10)15(18)14(11)17/h3-6,9H,2,7-8H2,1H3. The Morgan fingerprint density at radius 2 is 1.89 bits per heavy atom. The van der Waals surface area contributed by atoms with Crippen molar-refractivity contribution >= 4 is 23.6 Å². The molecule has 4 nitrogen and oxygen atoms in total. The Bertz CT molecular complexity index is 569. The van der Waals surface area contributed by atoms with Crippen molar-refractivity contribution in [2.75, 3.05) is 6.61 Å². The number of esters is 1. The molecule has 0 aliphatic heterocycles. The van der Waals surface area contributed by atoms with E-state index in [-0.39, 0.29) is 18.8 Å². The molecule has 0 heterocycles. The first kappa shape index (κ1) is 13.2. The summed E-state index contributed by atoms with van der Waals surface area (Å²) in [7, 11) is 0. The normalized spacial score (nSPS) is 13.8. The Balaban J connectivity index is 2.18. The fraction of sp³-hybridized carbons (Fsp3) is 0.267. The van der Waals surface area contributed by atoms with Crippen LogP contribution in [0.5, 0.6) is 0 Å². The smallest absolute Gasteiger partial charge is 0.306 e. The summed E-state index contributed by atoms with van der Waals surface area (Å²) in [5.74, 6) is -1.39. The monoisotopic (exact) mass is 258 g/mol. The molecule has 0 radical (unpaired) electrons. The number of hydrogen-bond acceptors (Lipinski definition) is 4. The van der Waals surface area contributed by atoms with E-state index in [1.54, 1.807) is 37.3 Å². The highest BCUT2D eigenvalue weighted by atomic mass is 16.5. The van der Waals surface area contributed by atoms with Gasteiger partial charge >= 0.3 is 5.97 Å². The van der Waals surface area contributed by atoms with Crippen molar-refractivity contribution in [3.63, 3.8) is 0 Å². The van der Waals surface area contributed by atoms with Crippen molar-refractivity contribution in [2.45, 2.75) is 19.8 Å². The maximum atomic E-state index is 11.9. The second-order valence-corrected chi connectivity index (χ2v) is 4.22. The predicted molar refractivity (Wildman–Crippen MR) is 69.6 cm³/mol. The number of ketones is 2. The number of benzene rings is 1. The summed E-state index contributed by atoms with van der Waals surface area (Å²) in [6.45, 7) is 2.04. The lowest BCUT2D eigenvalue weighted by atomic mass is 9.88. The summed E-state index contributed by atoms with van der Waals surface area (Å²) in [4.78, 5) is 35.1. The van der Waals surface area contributed by atoms with Crippen LogP contribution >= 0.6 is 0 Å². The van der Waals surface area contributed by atoms with Crippen LogP contribution in [0.15, 0.2) is 29.8 Å². The summed E-state index contributed by atoms with van der Waals surface area (Å²) in [6.07, 6.45) is 2.02. The van der Waals surface area contributed by atoms with E-state index in [1.165, 1.54) is 0 Å². The van der Waals surface area contributed by atoms with E-state index < -0.39 is 11.6 Å². The third-order valence-corrected chi connectivity index (χ3v) is 2.94. The van der Waals surface area contributed by atoms with Crippen molar-refractivity contribution in [3.8, 4) is 0 Å². The zero-order valence-electron chi connectivity index (χ0n) is 10.6. The topological polar surface area (TPSA) is 60.4 Å². The molecular formula is C15H14O4. The van der Waals surface area contributed by atoms with Gasteiger partial charge in [-0.1, -0.05) is 24.3 Å². The fourth-order valence-corrected chi connectivity index (χ4v) is 2.01. The van der Waals surface area contributed by atoms with Gasteiger partial charge in [0, 0.05) is 17.6 Å². The average Bonchev–Trinajstić information content (AvgIpc) is 2.42. The Kier molecular flexibility index (Phi) is 3.90. The molecule has 1 aliphatic rings.